The van der Waals surface area contributed by atoms with Crippen molar-refractivity contribution in [3.8, 4) is 0 Å². The van der Waals surface area contributed by atoms with Gasteiger partial charge in [0.15, 0.2) is 5.78 Å². The van der Waals surface area contributed by atoms with Crippen LogP contribution in [0.4, 0.5) is 15.8 Å². The Morgan fingerprint density at radius 2 is 1.37 bits per heavy atom. The standard InChI is InChI=1S/C21H13FN2O3/c22-14-4-8-16(9-5-14)24-20(26)17-10-3-13(11-18(17)21(24)27)19(25)12-1-6-15(23)7-2-12/h1-11H,23H2. The van der Waals surface area contributed by atoms with Gasteiger partial charge in [-0.3, -0.25) is 14.4 Å². The Morgan fingerprint density at radius 3 is 2.04 bits per heavy atom. The molecule has 1 aliphatic heterocycles. The quantitative estimate of drug-likeness (QED) is 0.441. The van der Waals surface area contributed by atoms with Gasteiger partial charge >= 0.3 is 0 Å². The van der Waals surface area contributed by atoms with Crippen molar-refractivity contribution >= 4 is 29.0 Å². The molecule has 4 rings (SSSR count). The molecular weight excluding hydrogens is 347 g/mol. The third-order valence-electron chi connectivity index (χ3n) is 4.41. The Bertz CT molecular complexity index is 1090. The molecule has 3 aromatic rings. The Morgan fingerprint density at radius 1 is 0.778 bits per heavy atom. The van der Waals surface area contributed by atoms with Crippen LogP contribution < -0.4 is 10.6 Å². The van der Waals surface area contributed by atoms with Gasteiger partial charge in [-0.25, -0.2) is 9.29 Å². The highest BCUT2D eigenvalue weighted by Gasteiger charge is 2.37. The molecule has 0 bridgehead atoms. The second-order valence-electron chi connectivity index (χ2n) is 6.13. The molecule has 0 saturated carbocycles. The smallest absolute Gasteiger partial charge is 0.266 e. The van der Waals surface area contributed by atoms with Gasteiger partial charge in [0.05, 0.1) is 16.8 Å². The van der Waals surface area contributed by atoms with Gasteiger partial charge in [0.2, 0.25) is 0 Å². The van der Waals surface area contributed by atoms with Gasteiger partial charge in [-0.15, -0.1) is 0 Å². The predicted molar refractivity (Wildman–Crippen MR) is 98.3 cm³/mol. The Balaban J connectivity index is 1.71. The monoisotopic (exact) mass is 360 g/mol. The van der Waals surface area contributed by atoms with Gasteiger partial charge in [0.25, 0.3) is 11.8 Å². The maximum atomic E-state index is 13.1. The van der Waals surface area contributed by atoms with Crippen LogP contribution in [-0.2, 0) is 0 Å². The van der Waals surface area contributed by atoms with E-state index >= 15 is 0 Å². The normalized spacial score (nSPS) is 13.0. The largest absolute Gasteiger partial charge is 0.399 e. The van der Waals surface area contributed by atoms with Crippen LogP contribution in [0.5, 0.6) is 0 Å². The Hall–Kier alpha value is -3.80. The number of ketones is 1. The zero-order valence-electron chi connectivity index (χ0n) is 14.0. The molecule has 6 heteroatoms. The van der Waals surface area contributed by atoms with E-state index in [1.54, 1.807) is 24.3 Å². The van der Waals surface area contributed by atoms with E-state index < -0.39 is 17.6 Å². The Kier molecular flexibility index (Phi) is 3.81. The summed E-state index contributed by atoms with van der Waals surface area (Å²) in [5, 5.41) is 0. The molecule has 0 aromatic heterocycles. The second-order valence-corrected chi connectivity index (χ2v) is 6.13. The number of benzene rings is 3. The zero-order valence-corrected chi connectivity index (χ0v) is 14.0. The summed E-state index contributed by atoms with van der Waals surface area (Å²) in [5.41, 5.74) is 7.51. The number of amides is 2. The molecule has 1 aliphatic rings. The number of fused-ring (bicyclic) bond motifs is 1. The molecule has 132 valence electrons. The predicted octanol–water partition coefficient (Wildman–Crippen LogP) is 3.44. The molecule has 1 heterocycles. The third kappa shape index (κ3) is 2.77. The van der Waals surface area contributed by atoms with Crippen molar-refractivity contribution in [3.63, 3.8) is 0 Å². The van der Waals surface area contributed by atoms with Crippen molar-refractivity contribution in [1.29, 1.82) is 0 Å². The van der Waals surface area contributed by atoms with Gasteiger partial charge in [-0.2, -0.15) is 0 Å². The number of carbonyl (C=O) groups excluding carboxylic acids is 3. The summed E-state index contributed by atoms with van der Waals surface area (Å²) in [6.45, 7) is 0. The molecule has 0 unspecified atom stereocenters. The number of nitrogens with zero attached hydrogens (tertiary/aromatic N) is 1. The van der Waals surface area contributed by atoms with Crippen molar-refractivity contribution in [3.05, 3.63) is 94.8 Å². The third-order valence-corrected chi connectivity index (χ3v) is 4.41. The van der Waals surface area contributed by atoms with Crippen LogP contribution in [-0.4, -0.2) is 17.6 Å². The van der Waals surface area contributed by atoms with E-state index in [0.29, 0.717) is 16.8 Å². The fraction of sp³-hybridized carbons (Fsp3) is 0. The van der Waals surface area contributed by atoms with Crippen LogP contribution in [0.1, 0.15) is 36.6 Å². The van der Waals surface area contributed by atoms with E-state index in [9.17, 15) is 18.8 Å². The van der Waals surface area contributed by atoms with Crippen LogP contribution in [0, 0.1) is 5.82 Å². The van der Waals surface area contributed by atoms with Crippen molar-refractivity contribution in [2.45, 2.75) is 0 Å². The molecule has 2 amide bonds. The minimum Gasteiger partial charge on any atom is -0.399 e. The average molecular weight is 360 g/mol. The maximum Gasteiger partial charge on any atom is 0.266 e. The first-order valence-electron chi connectivity index (χ1n) is 8.14. The average Bonchev–Trinajstić information content (AvgIpc) is 2.93. The van der Waals surface area contributed by atoms with Crippen LogP contribution in [0.15, 0.2) is 66.7 Å². The fourth-order valence-corrected chi connectivity index (χ4v) is 3.01. The number of rotatable bonds is 3. The molecule has 0 radical (unpaired) electrons. The van der Waals surface area contributed by atoms with E-state index in [-0.39, 0.29) is 22.6 Å². The second kappa shape index (κ2) is 6.17. The highest BCUT2D eigenvalue weighted by atomic mass is 19.1. The van der Waals surface area contributed by atoms with Crippen molar-refractivity contribution in [2.75, 3.05) is 10.6 Å². The molecule has 27 heavy (non-hydrogen) atoms. The number of carbonyl (C=O) groups is 3. The van der Waals surface area contributed by atoms with E-state index in [4.69, 9.17) is 5.73 Å². The molecule has 2 N–H and O–H groups in total. The van der Waals surface area contributed by atoms with Gasteiger partial charge in [-0.05, 0) is 60.7 Å². The summed E-state index contributed by atoms with van der Waals surface area (Å²) in [6.07, 6.45) is 0. The molecule has 3 aromatic carbocycles. The Labute approximate surface area is 153 Å². The van der Waals surface area contributed by atoms with Crippen LogP contribution in [0.3, 0.4) is 0 Å². The lowest BCUT2D eigenvalue weighted by molar-refractivity contribution is 0.0925. The minimum absolute atomic E-state index is 0.144. The molecule has 0 atom stereocenters. The molecular formula is C21H13FN2O3. The SMILES string of the molecule is Nc1ccc(C(=O)c2ccc3c(c2)C(=O)N(c2ccc(F)cc2)C3=O)cc1. The zero-order chi connectivity index (χ0) is 19.1. The van der Waals surface area contributed by atoms with E-state index in [1.807, 2.05) is 0 Å². The first-order valence-corrected chi connectivity index (χ1v) is 8.14. The van der Waals surface area contributed by atoms with Gasteiger partial charge in [0, 0.05) is 16.8 Å². The van der Waals surface area contributed by atoms with Gasteiger partial charge in [0.1, 0.15) is 5.82 Å². The van der Waals surface area contributed by atoms with Crippen LogP contribution in [0.25, 0.3) is 0 Å². The van der Waals surface area contributed by atoms with Crippen LogP contribution in [0.2, 0.25) is 0 Å². The summed E-state index contributed by atoms with van der Waals surface area (Å²) in [6, 6.07) is 15.9. The van der Waals surface area contributed by atoms with Gasteiger partial charge < -0.3 is 5.73 Å². The first-order chi connectivity index (χ1) is 13.0. The first kappa shape index (κ1) is 16.7. The van der Waals surface area contributed by atoms with Gasteiger partial charge in [-0.1, -0.05) is 6.07 Å². The van der Waals surface area contributed by atoms with E-state index in [2.05, 4.69) is 0 Å². The molecule has 0 spiro atoms. The number of halogens is 1. The summed E-state index contributed by atoms with van der Waals surface area (Å²) < 4.78 is 13.1. The summed E-state index contributed by atoms with van der Waals surface area (Å²) in [5.74, 6) is -1.80. The van der Waals surface area contributed by atoms with E-state index in [0.717, 1.165) is 4.90 Å². The van der Waals surface area contributed by atoms with Crippen molar-refractivity contribution < 1.29 is 18.8 Å². The van der Waals surface area contributed by atoms with Crippen molar-refractivity contribution in [1.82, 2.24) is 0 Å². The highest BCUT2D eigenvalue weighted by Crippen LogP contribution is 2.29. The molecule has 5 nitrogen and oxygen atoms in total. The number of imide groups is 1. The molecule has 0 fully saturated rings. The lowest BCUT2D eigenvalue weighted by Gasteiger charge is -2.13. The van der Waals surface area contributed by atoms with Crippen molar-refractivity contribution in [2.24, 2.45) is 0 Å². The molecule has 0 aliphatic carbocycles. The number of nitrogen functional groups attached to an aromatic ring is 1. The lowest BCUT2D eigenvalue weighted by atomic mass is 9.99. The summed E-state index contributed by atoms with van der Waals surface area (Å²) in [7, 11) is 0. The number of anilines is 2. The highest BCUT2D eigenvalue weighted by molar-refractivity contribution is 6.34. The minimum atomic E-state index is -0.548. The topological polar surface area (TPSA) is 80.5 Å². The number of hydrogen-bond acceptors (Lipinski definition) is 4. The fourth-order valence-electron chi connectivity index (χ4n) is 3.01. The van der Waals surface area contributed by atoms with E-state index in [1.165, 1.54) is 42.5 Å². The summed E-state index contributed by atoms with van der Waals surface area (Å²) in [4.78, 5) is 38.9. The molecule has 0 saturated heterocycles. The number of nitrogens with two attached hydrogens (primary N) is 1. The lowest BCUT2D eigenvalue weighted by Crippen LogP contribution is -2.29. The number of hydrogen-bond donors (Lipinski definition) is 1. The van der Waals surface area contributed by atoms with Crippen LogP contribution >= 0.6 is 0 Å². The summed E-state index contributed by atoms with van der Waals surface area (Å²) >= 11 is 0. The maximum absolute atomic E-state index is 13.1.